The number of aliphatic hydroxyl groups excluding tert-OH is 1. The zero-order valence-electron chi connectivity index (χ0n) is 10.9. The highest BCUT2D eigenvalue weighted by Crippen LogP contribution is 2.20. The lowest BCUT2D eigenvalue weighted by Gasteiger charge is -2.10. The van der Waals surface area contributed by atoms with Gasteiger partial charge < -0.3 is 14.8 Å². The highest BCUT2D eigenvalue weighted by atomic mass is 16.4. The summed E-state index contributed by atoms with van der Waals surface area (Å²) in [5, 5.41) is 16.5. The van der Waals surface area contributed by atoms with Crippen molar-refractivity contribution in [2.24, 2.45) is 0 Å². The predicted molar refractivity (Wildman–Crippen MR) is 75.5 cm³/mol. The van der Waals surface area contributed by atoms with Crippen molar-refractivity contribution in [1.82, 2.24) is 9.78 Å². The molecule has 102 valence electrons. The molecule has 2 aromatic heterocycles. The number of nitrogens with zero attached hydrogens (tertiary/aromatic N) is 2. The standard InChI is InChI=1S/C15H15N3O2/c19-11-13-7-6-12(20-13)10-16-14-4-1-2-5-15(14)18-9-3-8-17-18/h1-9,16,19H,10-11H2. The molecule has 3 rings (SSSR count). The van der Waals surface area contributed by atoms with Gasteiger partial charge in [0.15, 0.2) is 0 Å². The average molecular weight is 269 g/mol. The van der Waals surface area contributed by atoms with Crippen LogP contribution in [0.5, 0.6) is 0 Å². The Bertz CT molecular complexity index is 674. The fraction of sp³-hybridized carbons (Fsp3) is 0.133. The maximum Gasteiger partial charge on any atom is 0.129 e. The minimum absolute atomic E-state index is 0.0795. The second-order valence-corrected chi connectivity index (χ2v) is 4.35. The molecular formula is C15H15N3O2. The predicted octanol–water partition coefficient (Wildman–Crippen LogP) is 2.57. The maximum atomic E-state index is 8.98. The molecule has 0 fully saturated rings. The molecule has 0 bridgehead atoms. The molecule has 0 amide bonds. The van der Waals surface area contributed by atoms with Crippen LogP contribution in [-0.2, 0) is 13.2 Å². The van der Waals surface area contributed by atoms with Crippen LogP contribution in [0.15, 0.2) is 59.3 Å². The van der Waals surface area contributed by atoms with Crippen molar-refractivity contribution in [3.8, 4) is 5.69 Å². The zero-order valence-corrected chi connectivity index (χ0v) is 10.9. The Morgan fingerprint density at radius 1 is 1.10 bits per heavy atom. The molecular weight excluding hydrogens is 254 g/mol. The van der Waals surface area contributed by atoms with E-state index in [1.807, 2.05) is 47.3 Å². The van der Waals surface area contributed by atoms with Gasteiger partial charge in [-0.2, -0.15) is 5.10 Å². The third kappa shape index (κ3) is 2.57. The number of hydrogen-bond acceptors (Lipinski definition) is 4. The van der Waals surface area contributed by atoms with Crippen molar-refractivity contribution in [3.63, 3.8) is 0 Å². The molecule has 1 aromatic carbocycles. The summed E-state index contributed by atoms with van der Waals surface area (Å²) in [4.78, 5) is 0. The van der Waals surface area contributed by atoms with E-state index >= 15 is 0 Å². The molecule has 5 nitrogen and oxygen atoms in total. The number of furan rings is 1. The molecule has 5 heteroatoms. The molecule has 2 N–H and O–H groups in total. The van der Waals surface area contributed by atoms with Crippen LogP contribution in [0.4, 0.5) is 5.69 Å². The SMILES string of the molecule is OCc1ccc(CNc2ccccc2-n2cccn2)o1. The molecule has 0 saturated heterocycles. The van der Waals surface area contributed by atoms with Crippen molar-refractivity contribution in [1.29, 1.82) is 0 Å². The van der Waals surface area contributed by atoms with Gasteiger partial charge in [0.1, 0.15) is 18.1 Å². The Morgan fingerprint density at radius 3 is 2.70 bits per heavy atom. The molecule has 0 atom stereocenters. The summed E-state index contributed by atoms with van der Waals surface area (Å²) in [6.07, 6.45) is 3.65. The van der Waals surface area contributed by atoms with E-state index in [9.17, 15) is 0 Å². The molecule has 0 radical (unpaired) electrons. The fourth-order valence-electron chi connectivity index (χ4n) is 2.02. The molecule has 3 aromatic rings. The van der Waals surface area contributed by atoms with Crippen LogP contribution in [0, 0.1) is 0 Å². The summed E-state index contributed by atoms with van der Waals surface area (Å²) in [5.41, 5.74) is 1.95. The van der Waals surface area contributed by atoms with Crippen molar-refractivity contribution in [3.05, 3.63) is 66.4 Å². The molecule has 0 spiro atoms. The van der Waals surface area contributed by atoms with Crippen LogP contribution in [0.3, 0.4) is 0 Å². The molecule has 0 aliphatic heterocycles. The third-order valence-corrected chi connectivity index (χ3v) is 2.98. The first-order chi connectivity index (χ1) is 9.86. The van der Waals surface area contributed by atoms with E-state index in [4.69, 9.17) is 9.52 Å². The summed E-state index contributed by atoms with van der Waals surface area (Å²) >= 11 is 0. The summed E-state index contributed by atoms with van der Waals surface area (Å²) in [6.45, 7) is 0.474. The van der Waals surface area contributed by atoms with E-state index in [1.165, 1.54) is 0 Å². The van der Waals surface area contributed by atoms with E-state index in [0.29, 0.717) is 12.3 Å². The first kappa shape index (κ1) is 12.5. The van der Waals surface area contributed by atoms with Crippen LogP contribution >= 0.6 is 0 Å². The van der Waals surface area contributed by atoms with E-state index in [1.54, 1.807) is 12.3 Å². The largest absolute Gasteiger partial charge is 0.462 e. The number of aliphatic hydroxyl groups is 1. The Kier molecular flexibility index (Phi) is 3.52. The number of hydrogen-bond donors (Lipinski definition) is 2. The van der Waals surface area contributed by atoms with Crippen molar-refractivity contribution in [2.45, 2.75) is 13.2 Å². The van der Waals surface area contributed by atoms with Crippen LogP contribution in [0.1, 0.15) is 11.5 Å². The Hall–Kier alpha value is -2.53. The lowest BCUT2D eigenvalue weighted by molar-refractivity contribution is 0.244. The maximum absolute atomic E-state index is 8.98. The van der Waals surface area contributed by atoms with Gasteiger partial charge in [0, 0.05) is 12.4 Å². The second kappa shape index (κ2) is 5.63. The summed E-state index contributed by atoms with van der Waals surface area (Å²) in [6, 6.07) is 13.4. The fourth-order valence-corrected chi connectivity index (χ4v) is 2.02. The first-order valence-corrected chi connectivity index (χ1v) is 6.38. The van der Waals surface area contributed by atoms with Gasteiger partial charge in [0.25, 0.3) is 0 Å². The molecule has 2 heterocycles. The Balaban J connectivity index is 1.77. The zero-order chi connectivity index (χ0) is 13.8. The quantitative estimate of drug-likeness (QED) is 0.747. The average Bonchev–Trinajstić information content (AvgIpc) is 3.17. The highest BCUT2D eigenvalue weighted by Gasteiger charge is 2.05. The van der Waals surface area contributed by atoms with Gasteiger partial charge in [-0.3, -0.25) is 0 Å². The minimum atomic E-state index is -0.0795. The topological polar surface area (TPSA) is 63.2 Å². The van der Waals surface area contributed by atoms with Gasteiger partial charge in [-0.25, -0.2) is 4.68 Å². The lowest BCUT2D eigenvalue weighted by Crippen LogP contribution is -2.04. The van der Waals surface area contributed by atoms with Gasteiger partial charge in [0.2, 0.25) is 0 Å². The van der Waals surface area contributed by atoms with Crippen molar-refractivity contribution < 1.29 is 9.52 Å². The van der Waals surface area contributed by atoms with Crippen LogP contribution in [0.2, 0.25) is 0 Å². The second-order valence-electron chi connectivity index (χ2n) is 4.35. The van der Waals surface area contributed by atoms with Gasteiger partial charge in [-0.15, -0.1) is 0 Å². The van der Waals surface area contributed by atoms with Crippen molar-refractivity contribution in [2.75, 3.05) is 5.32 Å². The summed E-state index contributed by atoms with van der Waals surface area (Å²) in [5.74, 6) is 1.35. The van der Waals surface area contributed by atoms with Gasteiger partial charge in [-0.05, 0) is 30.3 Å². The number of benzene rings is 1. The van der Waals surface area contributed by atoms with Crippen LogP contribution in [-0.4, -0.2) is 14.9 Å². The Labute approximate surface area is 116 Å². The monoisotopic (exact) mass is 269 g/mol. The number of anilines is 1. The van der Waals surface area contributed by atoms with Crippen LogP contribution < -0.4 is 5.32 Å². The molecule has 0 saturated carbocycles. The number of nitrogens with one attached hydrogen (secondary N) is 1. The van der Waals surface area contributed by atoms with E-state index < -0.39 is 0 Å². The Morgan fingerprint density at radius 2 is 1.95 bits per heavy atom. The number of rotatable bonds is 5. The van der Waals surface area contributed by atoms with Gasteiger partial charge >= 0.3 is 0 Å². The lowest BCUT2D eigenvalue weighted by atomic mass is 10.2. The molecule has 20 heavy (non-hydrogen) atoms. The molecule has 0 aliphatic rings. The van der Waals surface area contributed by atoms with Gasteiger partial charge in [0.05, 0.1) is 17.9 Å². The summed E-state index contributed by atoms with van der Waals surface area (Å²) < 4.78 is 7.26. The normalized spacial score (nSPS) is 10.7. The molecule has 0 aliphatic carbocycles. The van der Waals surface area contributed by atoms with E-state index in [0.717, 1.165) is 17.1 Å². The smallest absolute Gasteiger partial charge is 0.129 e. The molecule has 0 unspecified atom stereocenters. The number of para-hydroxylation sites is 2. The number of aromatic nitrogens is 2. The van der Waals surface area contributed by atoms with E-state index in [-0.39, 0.29) is 6.61 Å². The van der Waals surface area contributed by atoms with Gasteiger partial charge in [-0.1, -0.05) is 12.1 Å². The minimum Gasteiger partial charge on any atom is -0.462 e. The van der Waals surface area contributed by atoms with Crippen molar-refractivity contribution >= 4 is 5.69 Å². The first-order valence-electron chi connectivity index (χ1n) is 6.38. The summed E-state index contributed by atoms with van der Waals surface area (Å²) in [7, 11) is 0. The highest BCUT2D eigenvalue weighted by molar-refractivity contribution is 5.60. The third-order valence-electron chi connectivity index (χ3n) is 2.98. The van der Waals surface area contributed by atoms with E-state index in [2.05, 4.69) is 10.4 Å². The van der Waals surface area contributed by atoms with Crippen LogP contribution in [0.25, 0.3) is 5.69 Å².